The van der Waals surface area contributed by atoms with Gasteiger partial charge in [0.25, 0.3) is 0 Å². The lowest BCUT2D eigenvalue weighted by atomic mass is 9.78. The molecule has 6 heteroatoms. The van der Waals surface area contributed by atoms with Gasteiger partial charge in [-0.1, -0.05) is 11.6 Å². The molecule has 0 amide bonds. The number of rotatable bonds is 1. The van der Waals surface area contributed by atoms with E-state index in [9.17, 15) is 9.50 Å². The van der Waals surface area contributed by atoms with Gasteiger partial charge in [-0.05, 0) is 39.8 Å². The minimum Gasteiger partial charge on any atom is -0.508 e. The van der Waals surface area contributed by atoms with Crippen molar-refractivity contribution >= 4 is 24.2 Å². The summed E-state index contributed by atoms with van der Waals surface area (Å²) in [4.78, 5) is 0. The van der Waals surface area contributed by atoms with Gasteiger partial charge >= 0.3 is 7.12 Å². The fourth-order valence-corrected chi connectivity index (χ4v) is 1.91. The smallest absolute Gasteiger partial charge is 0.501 e. The lowest BCUT2D eigenvalue weighted by molar-refractivity contribution is 0.00578. The summed E-state index contributed by atoms with van der Waals surface area (Å²) in [5.74, 6) is -0.939. The molecular formula is C12H15BClFO3. The first kappa shape index (κ1) is 13.7. The summed E-state index contributed by atoms with van der Waals surface area (Å²) < 4.78 is 25.3. The van der Waals surface area contributed by atoms with Crippen molar-refractivity contribution in [2.45, 2.75) is 38.9 Å². The summed E-state index contributed by atoms with van der Waals surface area (Å²) in [5, 5.41) is 9.69. The summed E-state index contributed by atoms with van der Waals surface area (Å²) in [6.07, 6.45) is 0. The van der Waals surface area contributed by atoms with Crippen LogP contribution in [0.5, 0.6) is 5.75 Å². The van der Waals surface area contributed by atoms with E-state index in [2.05, 4.69) is 0 Å². The summed E-state index contributed by atoms with van der Waals surface area (Å²) >= 11 is 5.71. The molecule has 0 aliphatic carbocycles. The zero-order chi connectivity index (χ0) is 13.7. The molecule has 18 heavy (non-hydrogen) atoms. The third kappa shape index (κ3) is 2.00. The van der Waals surface area contributed by atoms with Gasteiger partial charge in [-0.25, -0.2) is 4.39 Å². The largest absolute Gasteiger partial charge is 0.508 e. The highest BCUT2D eigenvalue weighted by molar-refractivity contribution is 6.63. The Hall–Kier alpha value is -0.775. The van der Waals surface area contributed by atoms with Crippen LogP contribution in [0.2, 0.25) is 5.02 Å². The number of phenols is 1. The highest BCUT2D eigenvalue weighted by Crippen LogP contribution is 2.37. The Labute approximate surface area is 111 Å². The van der Waals surface area contributed by atoms with Gasteiger partial charge < -0.3 is 14.4 Å². The van der Waals surface area contributed by atoms with E-state index in [1.54, 1.807) is 0 Å². The number of hydrogen-bond donors (Lipinski definition) is 1. The number of halogens is 2. The SMILES string of the molecule is CC1(C)OB(c2c(O)ccc(Cl)c2F)OC1(C)C. The topological polar surface area (TPSA) is 38.7 Å². The van der Waals surface area contributed by atoms with Crippen LogP contribution >= 0.6 is 11.6 Å². The summed E-state index contributed by atoms with van der Waals surface area (Å²) in [7, 11) is -0.964. The van der Waals surface area contributed by atoms with Crippen LogP contribution in [0.1, 0.15) is 27.7 Å². The fourth-order valence-electron chi connectivity index (χ4n) is 1.74. The quantitative estimate of drug-likeness (QED) is 0.798. The Kier molecular flexibility index (Phi) is 3.12. The van der Waals surface area contributed by atoms with Gasteiger partial charge in [0.15, 0.2) is 0 Å². The molecule has 3 nitrogen and oxygen atoms in total. The number of aromatic hydroxyl groups is 1. The Morgan fingerprint density at radius 2 is 1.67 bits per heavy atom. The van der Waals surface area contributed by atoms with E-state index >= 15 is 0 Å². The highest BCUT2D eigenvalue weighted by Gasteiger charge is 2.53. The van der Waals surface area contributed by atoms with Gasteiger partial charge in [-0.2, -0.15) is 0 Å². The van der Waals surface area contributed by atoms with Crippen LogP contribution in [0.4, 0.5) is 4.39 Å². The molecule has 0 unspecified atom stereocenters. The average molecular weight is 273 g/mol. The molecule has 1 heterocycles. The van der Waals surface area contributed by atoms with Gasteiger partial charge in [0.05, 0.1) is 21.7 Å². The summed E-state index contributed by atoms with van der Waals surface area (Å²) in [5.41, 5.74) is -1.25. The van der Waals surface area contributed by atoms with Crippen LogP contribution in [-0.2, 0) is 9.31 Å². The monoisotopic (exact) mass is 272 g/mol. The van der Waals surface area contributed by atoms with E-state index in [1.165, 1.54) is 12.1 Å². The molecule has 1 aromatic rings. The second kappa shape index (κ2) is 4.12. The molecule has 2 rings (SSSR count). The van der Waals surface area contributed by atoms with Crippen LogP contribution in [-0.4, -0.2) is 23.4 Å². The number of phenolic OH excluding ortho intramolecular Hbond substituents is 1. The van der Waals surface area contributed by atoms with E-state index in [4.69, 9.17) is 20.9 Å². The van der Waals surface area contributed by atoms with Crippen LogP contribution < -0.4 is 5.46 Å². The van der Waals surface area contributed by atoms with Gasteiger partial charge in [0.1, 0.15) is 11.6 Å². The van der Waals surface area contributed by atoms with Crippen molar-refractivity contribution in [3.8, 4) is 5.75 Å². The zero-order valence-electron chi connectivity index (χ0n) is 10.8. The minimum absolute atomic E-state index is 0.0545. The van der Waals surface area contributed by atoms with Crippen molar-refractivity contribution < 1.29 is 18.8 Å². The second-order valence-corrected chi connectivity index (χ2v) is 5.79. The first-order valence-corrected chi connectivity index (χ1v) is 6.06. The van der Waals surface area contributed by atoms with E-state index in [-0.39, 0.29) is 16.2 Å². The van der Waals surface area contributed by atoms with Gasteiger partial charge in [0.2, 0.25) is 0 Å². The number of hydrogen-bond acceptors (Lipinski definition) is 3. The molecule has 1 aromatic carbocycles. The van der Waals surface area contributed by atoms with E-state index in [0.717, 1.165) is 0 Å². The van der Waals surface area contributed by atoms with Crippen LogP contribution in [0, 0.1) is 5.82 Å². The lowest BCUT2D eigenvalue weighted by Gasteiger charge is -2.32. The van der Waals surface area contributed by atoms with Gasteiger partial charge in [-0.15, -0.1) is 0 Å². The first-order chi connectivity index (χ1) is 8.16. The third-order valence-electron chi connectivity index (χ3n) is 3.60. The molecule has 1 aliphatic rings. The molecular weight excluding hydrogens is 257 g/mol. The average Bonchev–Trinajstić information content (AvgIpc) is 2.43. The highest BCUT2D eigenvalue weighted by atomic mass is 35.5. The Bertz CT molecular complexity index is 474. The van der Waals surface area contributed by atoms with Crippen LogP contribution in [0.3, 0.4) is 0 Å². The van der Waals surface area contributed by atoms with Gasteiger partial charge in [0, 0.05) is 0 Å². The molecule has 1 N–H and O–H groups in total. The Morgan fingerprint density at radius 3 is 2.17 bits per heavy atom. The van der Waals surface area contributed by atoms with Crippen molar-refractivity contribution in [3.05, 3.63) is 23.0 Å². The lowest BCUT2D eigenvalue weighted by Crippen LogP contribution is -2.41. The molecule has 1 saturated heterocycles. The van der Waals surface area contributed by atoms with E-state index in [0.29, 0.717) is 0 Å². The maximum Gasteiger partial charge on any atom is 0.501 e. The zero-order valence-corrected chi connectivity index (χ0v) is 11.5. The molecule has 98 valence electrons. The normalized spacial score (nSPS) is 21.3. The predicted octanol–water partition coefficient (Wildman–Crippen LogP) is 2.48. The standard InChI is InChI=1S/C12H15BClFO3/c1-11(2)12(3,4)18-13(17-11)9-8(16)6-5-7(14)10(9)15/h5-6,16H,1-4H3. The van der Waals surface area contributed by atoms with Crippen molar-refractivity contribution in [2.24, 2.45) is 0 Å². The van der Waals surface area contributed by atoms with Crippen LogP contribution in [0.25, 0.3) is 0 Å². The predicted molar refractivity (Wildman–Crippen MR) is 68.8 cm³/mol. The minimum atomic E-state index is -0.964. The van der Waals surface area contributed by atoms with Crippen molar-refractivity contribution in [3.63, 3.8) is 0 Å². The van der Waals surface area contributed by atoms with E-state index < -0.39 is 24.1 Å². The van der Waals surface area contributed by atoms with Crippen LogP contribution in [0.15, 0.2) is 12.1 Å². The van der Waals surface area contributed by atoms with E-state index in [1.807, 2.05) is 27.7 Å². The maximum absolute atomic E-state index is 14.0. The Balaban J connectivity index is 2.44. The molecule has 0 atom stereocenters. The third-order valence-corrected chi connectivity index (χ3v) is 3.89. The van der Waals surface area contributed by atoms with Gasteiger partial charge in [-0.3, -0.25) is 0 Å². The molecule has 0 aromatic heterocycles. The van der Waals surface area contributed by atoms with Crippen molar-refractivity contribution in [2.75, 3.05) is 0 Å². The molecule has 0 bridgehead atoms. The molecule has 1 aliphatic heterocycles. The first-order valence-electron chi connectivity index (χ1n) is 5.68. The van der Waals surface area contributed by atoms with Crippen molar-refractivity contribution in [1.29, 1.82) is 0 Å². The molecule has 0 radical (unpaired) electrons. The number of benzene rings is 1. The molecule has 0 saturated carbocycles. The fraction of sp³-hybridized carbons (Fsp3) is 0.500. The molecule has 1 fully saturated rings. The maximum atomic E-state index is 14.0. The second-order valence-electron chi connectivity index (χ2n) is 5.38. The van der Waals surface area contributed by atoms with Crippen molar-refractivity contribution in [1.82, 2.24) is 0 Å². The summed E-state index contributed by atoms with van der Waals surface area (Å²) in [6.45, 7) is 7.41. The Morgan fingerprint density at radius 1 is 1.17 bits per heavy atom. The summed E-state index contributed by atoms with van der Waals surface area (Å²) in [6, 6.07) is 2.62. The molecule has 0 spiro atoms.